The first-order chi connectivity index (χ1) is 17.0. The summed E-state index contributed by atoms with van der Waals surface area (Å²) in [4.78, 5) is 6.04. The third-order valence-electron chi connectivity index (χ3n) is 6.16. The highest BCUT2D eigenvalue weighted by molar-refractivity contribution is 5.85. The number of hydrogen-bond acceptors (Lipinski definition) is 7. The predicted octanol–water partition coefficient (Wildman–Crippen LogP) is 4.57. The molecule has 8 nitrogen and oxygen atoms in total. The molecule has 3 N–H and O–H groups in total. The van der Waals surface area contributed by atoms with Crippen molar-refractivity contribution in [1.82, 2.24) is 24.5 Å². The Kier molecular flexibility index (Phi) is 8.79. The summed E-state index contributed by atoms with van der Waals surface area (Å²) < 4.78 is 49.6. The smallest absolute Gasteiger partial charge is 0.408 e. The number of aromatic nitrogens is 4. The second kappa shape index (κ2) is 11.2. The zero-order valence-electron chi connectivity index (χ0n) is 20.7. The molecule has 0 bridgehead atoms. The molecule has 0 saturated carbocycles. The molecule has 5 rings (SSSR count). The minimum Gasteiger partial charge on any atom is -0.491 e. The van der Waals surface area contributed by atoms with Crippen molar-refractivity contribution in [3.8, 4) is 17.3 Å². The van der Waals surface area contributed by atoms with E-state index in [2.05, 4.69) is 15.2 Å². The Hall–Kier alpha value is -2.70. The number of alkyl halides is 3. The van der Waals surface area contributed by atoms with E-state index in [0.29, 0.717) is 34.9 Å². The van der Waals surface area contributed by atoms with Gasteiger partial charge in [0.05, 0.1) is 11.1 Å². The average Bonchev–Trinajstić information content (AvgIpc) is 3.42. The van der Waals surface area contributed by atoms with Crippen molar-refractivity contribution < 1.29 is 23.0 Å². The van der Waals surface area contributed by atoms with Crippen LogP contribution in [0.5, 0.6) is 5.75 Å². The van der Waals surface area contributed by atoms with E-state index in [9.17, 15) is 18.3 Å². The highest BCUT2D eigenvalue weighted by Crippen LogP contribution is 2.39. The van der Waals surface area contributed by atoms with Gasteiger partial charge in [0.2, 0.25) is 0 Å². The molecule has 1 aliphatic heterocycles. The molecule has 13 heteroatoms. The molecule has 4 aromatic rings. The summed E-state index contributed by atoms with van der Waals surface area (Å²) in [5.74, 6) is 0.870. The van der Waals surface area contributed by atoms with Crippen molar-refractivity contribution in [3.63, 3.8) is 0 Å². The van der Waals surface area contributed by atoms with Gasteiger partial charge in [-0.1, -0.05) is 12.1 Å². The fourth-order valence-electron chi connectivity index (χ4n) is 4.47. The monoisotopic (exact) mass is 572 g/mol. The summed E-state index contributed by atoms with van der Waals surface area (Å²) in [6.45, 7) is 3.87. The van der Waals surface area contributed by atoms with Crippen LogP contribution in [0.15, 0.2) is 48.7 Å². The van der Waals surface area contributed by atoms with Gasteiger partial charge in [-0.15, -0.1) is 35.0 Å². The number of nitrogens with zero attached hydrogens (tertiary/aromatic N) is 5. The summed E-state index contributed by atoms with van der Waals surface area (Å²) in [6, 6.07) is 9.91. The number of aliphatic hydroxyl groups is 1. The molecule has 1 aliphatic rings. The Labute approximate surface area is 229 Å². The molecular weight excluding hydrogens is 544 g/mol. The van der Waals surface area contributed by atoms with Crippen LogP contribution >= 0.6 is 24.8 Å². The van der Waals surface area contributed by atoms with Gasteiger partial charge in [-0.05, 0) is 50.1 Å². The zero-order chi connectivity index (χ0) is 25.7. The second-order valence-electron chi connectivity index (χ2n) is 9.85. The number of pyridine rings is 2. The molecule has 1 saturated heterocycles. The molecular formula is C25H29Cl2F3N6O2. The quantitative estimate of drug-likeness (QED) is 0.349. The Bertz CT molecular complexity index is 1410. The van der Waals surface area contributed by atoms with Crippen LogP contribution in [-0.4, -0.2) is 67.1 Å². The first-order valence-electron chi connectivity index (χ1n) is 11.7. The van der Waals surface area contributed by atoms with Crippen molar-refractivity contribution in [2.45, 2.75) is 44.1 Å². The molecule has 0 unspecified atom stereocenters. The van der Waals surface area contributed by atoms with E-state index in [0.717, 1.165) is 5.39 Å². The van der Waals surface area contributed by atoms with Gasteiger partial charge >= 0.3 is 6.18 Å². The first-order valence-corrected chi connectivity index (χ1v) is 11.7. The molecule has 0 radical (unpaired) electrons. The Morgan fingerprint density at radius 3 is 2.50 bits per heavy atom. The highest BCUT2D eigenvalue weighted by Gasteiger charge is 2.46. The van der Waals surface area contributed by atoms with E-state index in [4.69, 9.17) is 10.5 Å². The topological polar surface area (TPSA) is 102 Å². The molecule has 4 heterocycles. The molecule has 0 spiro atoms. The largest absolute Gasteiger partial charge is 0.491 e. The van der Waals surface area contributed by atoms with Crippen molar-refractivity contribution in [3.05, 3.63) is 54.2 Å². The van der Waals surface area contributed by atoms with E-state index in [1.807, 2.05) is 12.1 Å². The van der Waals surface area contributed by atoms with Gasteiger partial charge < -0.3 is 15.6 Å². The van der Waals surface area contributed by atoms with Gasteiger partial charge in [-0.25, -0.2) is 4.98 Å². The summed E-state index contributed by atoms with van der Waals surface area (Å²) in [5, 5.41) is 19.1. The summed E-state index contributed by atoms with van der Waals surface area (Å²) in [7, 11) is 0. The van der Waals surface area contributed by atoms with Crippen LogP contribution in [0.3, 0.4) is 0 Å². The third-order valence-corrected chi connectivity index (χ3v) is 6.16. The number of halogens is 5. The van der Waals surface area contributed by atoms with E-state index in [1.165, 1.54) is 27.6 Å². The number of benzene rings is 1. The molecule has 0 amide bonds. The maximum atomic E-state index is 14.1. The zero-order valence-corrected chi connectivity index (χ0v) is 22.4. The SMILES string of the molecule is CC(C)(O)COc1ccc2ccc(-c3nnc4ccc([C@@H](N5CC[C@H](N)C5)C(F)(F)F)cn34)nc2c1.Cl.Cl. The Morgan fingerprint density at radius 1 is 1.11 bits per heavy atom. The normalized spacial score (nSPS) is 17.3. The predicted molar refractivity (Wildman–Crippen MR) is 143 cm³/mol. The highest BCUT2D eigenvalue weighted by atomic mass is 35.5. The maximum absolute atomic E-state index is 14.1. The molecule has 0 aliphatic carbocycles. The molecule has 206 valence electrons. The third kappa shape index (κ3) is 6.29. The van der Waals surface area contributed by atoms with Gasteiger partial charge in [0.1, 0.15) is 24.1 Å². The van der Waals surface area contributed by atoms with Gasteiger partial charge in [0.25, 0.3) is 0 Å². The number of nitrogens with two attached hydrogens (primary N) is 1. The van der Waals surface area contributed by atoms with Crippen LogP contribution in [0.2, 0.25) is 0 Å². The molecule has 2 atom stereocenters. The number of hydrogen-bond donors (Lipinski definition) is 2. The van der Waals surface area contributed by atoms with Crippen LogP contribution in [-0.2, 0) is 0 Å². The van der Waals surface area contributed by atoms with Crippen LogP contribution in [0.1, 0.15) is 31.9 Å². The van der Waals surface area contributed by atoms with E-state index in [1.54, 1.807) is 32.0 Å². The number of fused-ring (bicyclic) bond motifs is 2. The van der Waals surface area contributed by atoms with Gasteiger partial charge in [0.15, 0.2) is 11.5 Å². The van der Waals surface area contributed by atoms with Crippen LogP contribution < -0.4 is 10.5 Å². The fourth-order valence-corrected chi connectivity index (χ4v) is 4.47. The minimum atomic E-state index is -4.47. The molecule has 38 heavy (non-hydrogen) atoms. The Balaban J connectivity index is 0.00000200. The van der Waals surface area contributed by atoms with Gasteiger partial charge in [0, 0.05) is 36.8 Å². The molecule has 3 aromatic heterocycles. The lowest BCUT2D eigenvalue weighted by molar-refractivity contribution is -0.183. The number of ether oxygens (including phenoxy) is 1. The minimum absolute atomic E-state index is 0. The fraction of sp³-hybridized carbons (Fsp3) is 0.400. The summed E-state index contributed by atoms with van der Waals surface area (Å²) >= 11 is 0. The lowest BCUT2D eigenvalue weighted by Crippen LogP contribution is -2.38. The standard InChI is InChI=1S/C25H27F3N6O2.2ClH/c1-24(2,35)14-36-18-6-3-15-4-7-19(30-20(15)11-18)23-32-31-21-8-5-16(12-34(21)23)22(25(26,27)28)33-10-9-17(29)13-33;;/h3-8,11-12,17,22,35H,9-10,13-14,29H2,1-2H3;2*1H/t17-,22+;;/m0../s1. The molecule has 1 fully saturated rings. The van der Waals surface area contributed by atoms with Crippen LogP contribution in [0.4, 0.5) is 13.2 Å². The van der Waals surface area contributed by atoms with E-state index in [-0.39, 0.29) is 56.1 Å². The molecule has 1 aromatic carbocycles. The van der Waals surface area contributed by atoms with Crippen molar-refractivity contribution >= 4 is 41.4 Å². The Morgan fingerprint density at radius 2 is 1.84 bits per heavy atom. The van der Waals surface area contributed by atoms with Crippen molar-refractivity contribution in [2.75, 3.05) is 19.7 Å². The van der Waals surface area contributed by atoms with Gasteiger partial charge in [-0.2, -0.15) is 13.2 Å². The van der Waals surface area contributed by atoms with Gasteiger partial charge in [-0.3, -0.25) is 9.30 Å². The van der Waals surface area contributed by atoms with E-state index >= 15 is 0 Å². The second-order valence-corrected chi connectivity index (χ2v) is 9.85. The van der Waals surface area contributed by atoms with Crippen LogP contribution in [0.25, 0.3) is 28.1 Å². The summed E-state index contributed by atoms with van der Waals surface area (Å²) in [5.41, 5.74) is 6.48. The first kappa shape index (κ1) is 29.9. The number of rotatable bonds is 6. The average molecular weight is 573 g/mol. The summed E-state index contributed by atoms with van der Waals surface area (Å²) in [6.07, 6.45) is -2.51. The van der Waals surface area contributed by atoms with Crippen molar-refractivity contribution in [2.24, 2.45) is 5.73 Å². The van der Waals surface area contributed by atoms with E-state index < -0.39 is 17.8 Å². The van der Waals surface area contributed by atoms with Crippen LogP contribution in [0, 0.1) is 0 Å². The maximum Gasteiger partial charge on any atom is 0.408 e. The van der Waals surface area contributed by atoms with Crippen molar-refractivity contribution in [1.29, 1.82) is 0 Å². The lowest BCUT2D eigenvalue weighted by Gasteiger charge is -2.30. The lowest BCUT2D eigenvalue weighted by atomic mass is 10.1. The number of likely N-dealkylation sites (tertiary alicyclic amines) is 1.